The molecule has 142 valence electrons. The first-order valence-corrected chi connectivity index (χ1v) is 11.6. The van der Waals surface area contributed by atoms with Gasteiger partial charge in [0.1, 0.15) is 9.84 Å². The lowest BCUT2D eigenvalue weighted by molar-refractivity contribution is -0.133. The fraction of sp³-hybridized carbons (Fsp3) is 0.706. The number of hydrogen-bond donors (Lipinski definition) is 1. The highest BCUT2D eigenvalue weighted by atomic mass is 35.5. The minimum atomic E-state index is -3.00. The number of thiophene rings is 1. The van der Waals surface area contributed by atoms with E-state index in [1.54, 1.807) is 11.3 Å². The third-order valence-corrected chi connectivity index (χ3v) is 7.04. The Balaban J connectivity index is 0.00000225. The van der Waals surface area contributed by atoms with E-state index in [1.165, 1.54) is 11.8 Å². The average Bonchev–Trinajstić information content (AvgIpc) is 2.96. The van der Waals surface area contributed by atoms with Crippen LogP contribution in [0.5, 0.6) is 0 Å². The van der Waals surface area contributed by atoms with Crippen molar-refractivity contribution in [3.8, 4) is 0 Å². The van der Waals surface area contributed by atoms with Gasteiger partial charge in [-0.05, 0) is 66.6 Å². The van der Waals surface area contributed by atoms with E-state index in [0.717, 1.165) is 32.4 Å². The number of piperidine rings is 1. The number of nitrogens with zero attached hydrogens (tertiary/aromatic N) is 1. The number of nitrogens with one attached hydrogen (secondary N) is 1. The van der Waals surface area contributed by atoms with Crippen LogP contribution in [0.25, 0.3) is 0 Å². The maximum absolute atomic E-state index is 12.8. The van der Waals surface area contributed by atoms with Crippen LogP contribution >= 0.6 is 23.7 Å². The number of carbonyl (C=O) groups is 1. The Morgan fingerprint density at radius 1 is 1.40 bits per heavy atom. The zero-order valence-corrected chi connectivity index (χ0v) is 17.0. The van der Waals surface area contributed by atoms with Crippen LogP contribution in [-0.4, -0.2) is 50.4 Å². The number of rotatable bonds is 7. The van der Waals surface area contributed by atoms with Crippen molar-refractivity contribution in [2.24, 2.45) is 5.41 Å². The lowest BCUT2D eigenvalue weighted by Crippen LogP contribution is -2.39. The summed E-state index contributed by atoms with van der Waals surface area (Å²) in [5, 5.41) is 7.53. The summed E-state index contributed by atoms with van der Waals surface area (Å²) in [7, 11) is -3.00. The first kappa shape index (κ1) is 20.7. The summed E-state index contributed by atoms with van der Waals surface area (Å²) in [5.41, 5.74) is 1.47. The molecule has 25 heavy (non-hydrogen) atoms. The zero-order chi connectivity index (χ0) is 17.2. The number of amides is 1. The van der Waals surface area contributed by atoms with Crippen molar-refractivity contribution in [3.05, 3.63) is 22.4 Å². The molecule has 8 heteroatoms. The summed E-state index contributed by atoms with van der Waals surface area (Å²) in [6.07, 6.45) is 5.33. The van der Waals surface area contributed by atoms with Crippen molar-refractivity contribution in [1.29, 1.82) is 0 Å². The number of sulfone groups is 1. The molecule has 1 spiro atoms. The Morgan fingerprint density at radius 3 is 2.72 bits per heavy atom. The van der Waals surface area contributed by atoms with Gasteiger partial charge in [0, 0.05) is 25.3 Å². The van der Waals surface area contributed by atoms with Crippen molar-refractivity contribution < 1.29 is 13.2 Å². The topological polar surface area (TPSA) is 66.5 Å². The van der Waals surface area contributed by atoms with Crippen LogP contribution in [0.4, 0.5) is 0 Å². The predicted octanol–water partition coefficient (Wildman–Crippen LogP) is 2.47. The van der Waals surface area contributed by atoms with E-state index in [-0.39, 0.29) is 24.1 Å². The molecule has 1 N–H and O–H groups in total. The highest BCUT2D eigenvalue weighted by Gasteiger charge is 2.57. The van der Waals surface area contributed by atoms with Crippen LogP contribution in [0.1, 0.15) is 37.7 Å². The van der Waals surface area contributed by atoms with Crippen LogP contribution in [-0.2, 0) is 21.2 Å². The SMILES string of the molecule is CS(=O)(=O)CCCC(=O)N(Cc1ccsc1)C1CC12CCNCC2.Cl. The molecule has 1 atom stereocenters. The predicted molar refractivity (Wildman–Crippen MR) is 104 cm³/mol. The number of carbonyl (C=O) groups excluding carboxylic acids is 1. The Hall–Kier alpha value is -0.630. The van der Waals surface area contributed by atoms with E-state index >= 15 is 0 Å². The van der Waals surface area contributed by atoms with Crippen molar-refractivity contribution in [2.75, 3.05) is 25.1 Å². The van der Waals surface area contributed by atoms with Gasteiger partial charge in [0.15, 0.2) is 0 Å². The second kappa shape index (κ2) is 8.37. The number of halogens is 1. The van der Waals surface area contributed by atoms with E-state index in [9.17, 15) is 13.2 Å². The fourth-order valence-electron chi connectivity index (χ4n) is 3.81. The molecule has 2 aliphatic rings. The van der Waals surface area contributed by atoms with Gasteiger partial charge < -0.3 is 10.2 Å². The Labute approximate surface area is 160 Å². The third-order valence-electron chi connectivity index (χ3n) is 5.28. The molecule has 1 unspecified atom stereocenters. The number of hydrogen-bond acceptors (Lipinski definition) is 5. The van der Waals surface area contributed by atoms with Crippen molar-refractivity contribution >= 4 is 39.5 Å². The van der Waals surface area contributed by atoms with Crippen molar-refractivity contribution in [2.45, 2.75) is 44.7 Å². The second-order valence-electron chi connectivity index (χ2n) is 7.22. The smallest absolute Gasteiger partial charge is 0.223 e. The van der Waals surface area contributed by atoms with Gasteiger partial charge in [0.05, 0.1) is 5.75 Å². The molecule has 0 bridgehead atoms. The van der Waals surface area contributed by atoms with Gasteiger partial charge in [-0.1, -0.05) is 0 Å². The molecule has 1 amide bonds. The summed E-state index contributed by atoms with van der Waals surface area (Å²) in [6.45, 7) is 2.72. The summed E-state index contributed by atoms with van der Waals surface area (Å²) in [5.74, 6) is 0.190. The van der Waals surface area contributed by atoms with Gasteiger partial charge in [0.2, 0.25) is 5.91 Å². The van der Waals surface area contributed by atoms with Gasteiger partial charge in [-0.3, -0.25) is 4.79 Å². The quantitative estimate of drug-likeness (QED) is 0.755. The third kappa shape index (κ3) is 5.42. The lowest BCUT2D eigenvalue weighted by Gasteiger charge is -2.29. The Bertz CT molecular complexity index is 670. The van der Waals surface area contributed by atoms with Crippen LogP contribution in [0.15, 0.2) is 16.8 Å². The van der Waals surface area contributed by atoms with E-state index < -0.39 is 9.84 Å². The van der Waals surface area contributed by atoms with Gasteiger partial charge in [0.25, 0.3) is 0 Å². The van der Waals surface area contributed by atoms with Gasteiger partial charge in [-0.25, -0.2) is 8.42 Å². The first-order valence-electron chi connectivity index (χ1n) is 8.59. The van der Waals surface area contributed by atoms with Gasteiger partial charge >= 0.3 is 0 Å². The summed E-state index contributed by atoms with van der Waals surface area (Å²) >= 11 is 1.65. The Kier molecular flexibility index (Phi) is 6.93. The lowest BCUT2D eigenvalue weighted by atomic mass is 9.93. The zero-order valence-electron chi connectivity index (χ0n) is 14.6. The highest BCUT2D eigenvalue weighted by Crippen LogP contribution is 2.56. The van der Waals surface area contributed by atoms with Gasteiger partial charge in [-0.15, -0.1) is 12.4 Å². The first-order chi connectivity index (χ1) is 11.4. The Morgan fingerprint density at radius 2 is 2.12 bits per heavy atom. The van der Waals surface area contributed by atoms with Crippen molar-refractivity contribution in [3.63, 3.8) is 0 Å². The molecule has 2 heterocycles. The van der Waals surface area contributed by atoms with E-state index in [1.807, 2.05) is 10.3 Å². The molecule has 1 aromatic rings. The largest absolute Gasteiger partial charge is 0.335 e. The van der Waals surface area contributed by atoms with Gasteiger partial charge in [-0.2, -0.15) is 11.3 Å². The molecule has 3 rings (SSSR count). The molecule has 1 saturated heterocycles. The van der Waals surface area contributed by atoms with Crippen LogP contribution < -0.4 is 5.32 Å². The molecule has 0 aromatic carbocycles. The summed E-state index contributed by atoms with van der Waals surface area (Å²) < 4.78 is 22.6. The minimum absolute atomic E-state index is 0. The standard InChI is InChI=1S/C17H26N2O3S2.ClH/c1-24(21,22)10-2-3-16(20)19(12-14-4-9-23-13-14)15-11-17(15)5-7-18-8-6-17;/h4,9,13,15,18H,2-3,5-8,10-12H2,1H3;1H. The molecule has 1 aromatic heterocycles. The molecule has 1 aliphatic carbocycles. The highest BCUT2D eigenvalue weighted by molar-refractivity contribution is 7.90. The van der Waals surface area contributed by atoms with E-state index in [2.05, 4.69) is 16.8 Å². The van der Waals surface area contributed by atoms with Crippen LogP contribution in [0.3, 0.4) is 0 Å². The monoisotopic (exact) mass is 406 g/mol. The second-order valence-corrected chi connectivity index (χ2v) is 10.3. The normalized spacial score (nSPS) is 21.6. The fourth-order valence-corrected chi connectivity index (χ4v) is 5.14. The van der Waals surface area contributed by atoms with E-state index in [0.29, 0.717) is 30.8 Å². The molecule has 1 aliphatic heterocycles. The van der Waals surface area contributed by atoms with Crippen LogP contribution in [0.2, 0.25) is 0 Å². The van der Waals surface area contributed by atoms with Crippen molar-refractivity contribution in [1.82, 2.24) is 10.2 Å². The average molecular weight is 407 g/mol. The maximum atomic E-state index is 12.8. The molecular formula is C17H27ClN2O3S2. The molecule has 0 radical (unpaired) electrons. The molecular weight excluding hydrogens is 380 g/mol. The van der Waals surface area contributed by atoms with E-state index in [4.69, 9.17) is 0 Å². The summed E-state index contributed by atoms with van der Waals surface area (Å²) in [6, 6.07) is 2.39. The molecule has 1 saturated carbocycles. The minimum Gasteiger partial charge on any atom is -0.335 e. The molecule has 2 fully saturated rings. The molecule has 5 nitrogen and oxygen atoms in total. The van der Waals surface area contributed by atoms with Crippen LogP contribution in [0, 0.1) is 5.41 Å². The summed E-state index contributed by atoms with van der Waals surface area (Å²) in [4.78, 5) is 14.8. The maximum Gasteiger partial charge on any atom is 0.223 e.